The first kappa shape index (κ1) is 17.5. The van der Waals surface area contributed by atoms with Gasteiger partial charge in [0.25, 0.3) is 11.8 Å². The molecule has 2 aromatic rings. The molecule has 0 saturated carbocycles. The number of rotatable bonds is 6. The van der Waals surface area contributed by atoms with Crippen molar-refractivity contribution in [2.45, 2.75) is 20.0 Å². The van der Waals surface area contributed by atoms with Crippen LogP contribution in [0.3, 0.4) is 0 Å². The lowest BCUT2D eigenvalue weighted by Crippen LogP contribution is -2.23. The zero-order valence-electron chi connectivity index (χ0n) is 13.8. The molecule has 1 heterocycles. The summed E-state index contributed by atoms with van der Waals surface area (Å²) in [6.07, 6.45) is -0.498. The highest BCUT2D eigenvalue weighted by Gasteiger charge is 2.21. The third-order valence-electron chi connectivity index (χ3n) is 3.44. The van der Waals surface area contributed by atoms with Gasteiger partial charge >= 0.3 is 0 Å². The van der Waals surface area contributed by atoms with Gasteiger partial charge in [-0.3, -0.25) is 9.59 Å². The second kappa shape index (κ2) is 7.63. The van der Waals surface area contributed by atoms with E-state index in [9.17, 15) is 14.0 Å². The summed E-state index contributed by atoms with van der Waals surface area (Å²) < 4.78 is 19.1. The lowest BCUT2D eigenvalue weighted by Gasteiger charge is -2.15. The average molecular weight is 333 g/mol. The van der Waals surface area contributed by atoms with Crippen molar-refractivity contribution in [2.75, 3.05) is 13.6 Å². The molecule has 1 atom stereocenters. The molecular weight excluding hydrogens is 313 g/mol. The lowest BCUT2D eigenvalue weighted by molar-refractivity contribution is 0.0951. The Bertz CT molecular complexity index is 742. The Labute approximate surface area is 139 Å². The fourth-order valence-electron chi connectivity index (χ4n) is 2.22. The summed E-state index contributed by atoms with van der Waals surface area (Å²) in [6, 6.07) is 7.48. The van der Waals surface area contributed by atoms with E-state index in [4.69, 9.17) is 4.74 Å². The fraction of sp³-hybridized carbons (Fsp3) is 0.294. The number of H-pyrrole nitrogens is 1. The summed E-state index contributed by atoms with van der Waals surface area (Å²) in [5, 5.41) is 5.13. The Balaban J connectivity index is 2.30. The number of hydrogen-bond donors (Lipinski definition) is 3. The Morgan fingerprint density at radius 3 is 2.67 bits per heavy atom. The predicted molar refractivity (Wildman–Crippen MR) is 87.6 cm³/mol. The Kier molecular flexibility index (Phi) is 5.57. The van der Waals surface area contributed by atoms with Gasteiger partial charge in [0.2, 0.25) is 0 Å². The highest BCUT2D eigenvalue weighted by Crippen LogP contribution is 2.27. The maximum atomic E-state index is 13.3. The normalized spacial score (nSPS) is 11.7. The van der Waals surface area contributed by atoms with Crippen LogP contribution in [0.1, 0.15) is 46.5 Å². The zero-order chi connectivity index (χ0) is 17.7. The average Bonchev–Trinajstić information content (AvgIpc) is 2.98. The molecule has 0 aliphatic carbocycles. The van der Waals surface area contributed by atoms with Gasteiger partial charge in [0.05, 0.1) is 0 Å². The van der Waals surface area contributed by atoms with Gasteiger partial charge in [-0.1, -0.05) is 12.1 Å². The van der Waals surface area contributed by atoms with E-state index in [2.05, 4.69) is 15.6 Å². The molecule has 1 aromatic carbocycles. The van der Waals surface area contributed by atoms with E-state index in [0.717, 1.165) is 0 Å². The number of amides is 2. The SMILES string of the molecule is CCNC(=O)c1cc(O[C@@H](C)c2cccc(F)c2)c(C(=O)NC)[nH]1. The largest absolute Gasteiger partial charge is 0.484 e. The Morgan fingerprint density at radius 1 is 1.29 bits per heavy atom. The second-order valence-electron chi connectivity index (χ2n) is 5.18. The van der Waals surface area contributed by atoms with Gasteiger partial charge in [-0.2, -0.15) is 0 Å². The summed E-state index contributed by atoms with van der Waals surface area (Å²) in [6.45, 7) is 3.99. The van der Waals surface area contributed by atoms with Crippen LogP contribution in [0, 0.1) is 5.82 Å². The highest BCUT2D eigenvalue weighted by molar-refractivity contribution is 5.99. The van der Waals surface area contributed by atoms with E-state index in [1.807, 2.05) is 0 Å². The first-order valence-corrected chi connectivity index (χ1v) is 7.61. The number of halogens is 1. The van der Waals surface area contributed by atoms with Gasteiger partial charge in [-0.25, -0.2) is 4.39 Å². The van der Waals surface area contributed by atoms with E-state index in [-0.39, 0.29) is 28.9 Å². The number of carbonyl (C=O) groups is 2. The molecule has 0 aliphatic heterocycles. The van der Waals surface area contributed by atoms with Crippen molar-refractivity contribution in [3.8, 4) is 5.75 Å². The molecule has 3 N–H and O–H groups in total. The molecule has 0 radical (unpaired) electrons. The van der Waals surface area contributed by atoms with E-state index < -0.39 is 12.0 Å². The molecule has 128 valence electrons. The minimum Gasteiger partial charge on any atom is -0.484 e. The number of hydrogen-bond acceptors (Lipinski definition) is 3. The molecule has 0 unspecified atom stereocenters. The van der Waals surface area contributed by atoms with Crippen LogP contribution >= 0.6 is 0 Å². The maximum Gasteiger partial charge on any atom is 0.271 e. The number of carbonyl (C=O) groups excluding carboxylic acids is 2. The van der Waals surface area contributed by atoms with Crippen molar-refractivity contribution in [1.82, 2.24) is 15.6 Å². The quantitative estimate of drug-likeness (QED) is 0.759. The van der Waals surface area contributed by atoms with Crippen LogP contribution in [0.2, 0.25) is 0 Å². The number of aromatic nitrogens is 1. The van der Waals surface area contributed by atoms with Crippen molar-refractivity contribution in [1.29, 1.82) is 0 Å². The molecule has 7 heteroatoms. The Morgan fingerprint density at radius 2 is 2.04 bits per heavy atom. The van der Waals surface area contributed by atoms with Crippen LogP contribution in [0.15, 0.2) is 30.3 Å². The van der Waals surface area contributed by atoms with Gasteiger partial charge < -0.3 is 20.4 Å². The number of ether oxygens (including phenoxy) is 1. The molecule has 24 heavy (non-hydrogen) atoms. The van der Waals surface area contributed by atoms with Crippen molar-refractivity contribution < 1.29 is 18.7 Å². The van der Waals surface area contributed by atoms with E-state index in [0.29, 0.717) is 12.1 Å². The molecule has 2 rings (SSSR count). The number of aromatic amines is 1. The van der Waals surface area contributed by atoms with Crippen LogP contribution in [0.25, 0.3) is 0 Å². The predicted octanol–water partition coefficient (Wildman–Crippen LogP) is 2.40. The summed E-state index contributed by atoms with van der Waals surface area (Å²) in [5.41, 5.74) is 0.984. The molecule has 6 nitrogen and oxygen atoms in total. The molecule has 0 fully saturated rings. The standard InChI is InChI=1S/C17H20FN3O3/c1-4-20-16(22)13-9-14(15(21-13)17(23)19-3)24-10(2)11-6-5-7-12(18)8-11/h5-10,21H,4H2,1-3H3,(H,19,23)(H,20,22)/t10-/m0/s1. The van der Waals surface area contributed by atoms with Crippen molar-refractivity contribution in [2.24, 2.45) is 0 Å². The molecule has 2 amide bonds. The molecule has 0 saturated heterocycles. The van der Waals surface area contributed by atoms with E-state index in [1.54, 1.807) is 26.0 Å². The van der Waals surface area contributed by atoms with Gasteiger partial charge in [0, 0.05) is 19.7 Å². The van der Waals surface area contributed by atoms with Crippen molar-refractivity contribution >= 4 is 11.8 Å². The summed E-state index contributed by atoms with van der Waals surface area (Å²) in [5.74, 6) is -0.887. The van der Waals surface area contributed by atoms with Crippen molar-refractivity contribution in [3.05, 3.63) is 53.1 Å². The number of benzene rings is 1. The third kappa shape index (κ3) is 3.92. The van der Waals surface area contributed by atoms with Crippen LogP contribution in [0.4, 0.5) is 4.39 Å². The molecule has 0 bridgehead atoms. The smallest absolute Gasteiger partial charge is 0.271 e. The van der Waals surface area contributed by atoms with Gasteiger partial charge in [0.15, 0.2) is 5.75 Å². The minimum absolute atomic E-state index is 0.141. The number of nitrogens with one attached hydrogen (secondary N) is 3. The topological polar surface area (TPSA) is 83.2 Å². The Hall–Kier alpha value is -2.83. The van der Waals surface area contributed by atoms with Crippen molar-refractivity contribution in [3.63, 3.8) is 0 Å². The lowest BCUT2D eigenvalue weighted by atomic mass is 10.1. The first-order chi connectivity index (χ1) is 11.5. The van der Waals surface area contributed by atoms with Gasteiger partial charge in [-0.15, -0.1) is 0 Å². The second-order valence-corrected chi connectivity index (χ2v) is 5.18. The van der Waals surface area contributed by atoms with Crippen LogP contribution < -0.4 is 15.4 Å². The van der Waals surface area contributed by atoms with Crippen LogP contribution in [0.5, 0.6) is 5.75 Å². The fourth-order valence-corrected chi connectivity index (χ4v) is 2.22. The van der Waals surface area contributed by atoms with Crippen LogP contribution in [-0.4, -0.2) is 30.4 Å². The highest BCUT2D eigenvalue weighted by atomic mass is 19.1. The summed E-state index contributed by atoms with van der Waals surface area (Å²) in [4.78, 5) is 26.7. The molecule has 0 aliphatic rings. The van der Waals surface area contributed by atoms with E-state index >= 15 is 0 Å². The molecular formula is C17H20FN3O3. The van der Waals surface area contributed by atoms with Gasteiger partial charge in [0.1, 0.15) is 23.3 Å². The summed E-state index contributed by atoms with van der Waals surface area (Å²) >= 11 is 0. The minimum atomic E-state index is -0.498. The summed E-state index contributed by atoms with van der Waals surface area (Å²) in [7, 11) is 1.48. The maximum absolute atomic E-state index is 13.3. The van der Waals surface area contributed by atoms with E-state index in [1.165, 1.54) is 25.2 Å². The monoisotopic (exact) mass is 333 g/mol. The zero-order valence-corrected chi connectivity index (χ0v) is 13.8. The first-order valence-electron chi connectivity index (χ1n) is 7.61. The van der Waals surface area contributed by atoms with Gasteiger partial charge in [-0.05, 0) is 31.5 Å². The van der Waals surface area contributed by atoms with Crippen LogP contribution in [-0.2, 0) is 0 Å². The molecule has 1 aromatic heterocycles. The third-order valence-corrected chi connectivity index (χ3v) is 3.44. The molecule has 0 spiro atoms.